The summed E-state index contributed by atoms with van der Waals surface area (Å²) in [7, 11) is 1.61. The highest BCUT2D eigenvalue weighted by atomic mass is 32.2. The number of methoxy groups -OCH3 is 2. The summed E-state index contributed by atoms with van der Waals surface area (Å²) >= 11 is 1.43. The summed E-state index contributed by atoms with van der Waals surface area (Å²) in [6.45, 7) is 3.84. The smallest absolute Gasteiger partial charge is 0.226 e. The van der Waals surface area contributed by atoms with E-state index in [4.69, 9.17) is 9.47 Å². The summed E-state index contributed by atoms with van der Waals surface area (Å²) in [6.07, 6.45) is 5.24. The highest BCUT2D eigenvalue weighted by Crippen LogP contribution is 2.37. The molecule has 2 aromatic carbocycles. The van der Waals surface area contributed by atoms with E-state index < -0.39 is 11.0 Å². The lowest BCUT2D eigenvalue weighted by Crippen LogP contribution is -2.14. The van der Waals surface area contributed by atoms with Gasteiger partial charge in [-0.2, -0.15) is 0 Å². The zero-order chi connectivity index (χ0) is 24.9. The molecule has 2 N–H and O–H groups in total. The number of hydrogen-bond donors (Lipinski definition) is 2. The van der Waals surface area contributed by atoms with Crippen LogP contribution in [0.1, 0.15) is 43.4 Å². The monoisotopic (exact) mass is 513 g/mol. The molecule has 35 heavy (non-hydrogen) atoms. The molecule has 186 valence electrons. The Labute approximate surface area is 212 Å². The second-order valence-corrected chi connectivity index (χ2v) is 10.9. The van der Waals surface area contributed by atoms with Crippen LogP contribution in [0.3, 0.4) is 0 Å². The van der Waals surface area contributed by atoms with Gasteiger partial charge in [-0.3, -0.25) is 4.79 Å². The topological polar surface area (TPSA) is 89.6 Å². The van der Waals surface area contributed by atoms with E-state index in [9.17, 15) is 9.00 Å². The van der Waals surface area contributed by atoms with Crippen molar-refractivity contribution in [3.63, 3.8) is 0 Å². The second-order valence-electron chi connectivity index (χ2n) is 8.75. The number of thiazole rings is 1. The third kappa shape index (κ3) is 6.02. The fourth-order valence-corrected chi connectivity index (χ4v) is 6.45. The molecule has 0 spiro atoms. The van der Waals surface area contributed by atoms with Gasteiger partial charge in [0.1, 0.15) is 16.4 Å². The number of carbonyl (C=O) groups excluding carboxylic acids is 1. The average Bonchev–Trinajstić information content (AvgIpc) is 3.48. The molecule has 1 heterocycles. The molecule has 1 fully saturated rings. The van der Waals surface area contributed by atoms with Crippen molar-refractivity contribution in [2.45, 2.75) is 50.8 Å². The van der Waals surface area contributed by atoms with Crippen molar-refractivity contribution in [2.24, 2.45) is 5.92 Å². The van der Waals surface area contributed by atoms with Crippen LogP contribution in [0.4, 0.5) is 10.8 Å². The van der Waals surface area contributed by atoms with Crippen molar-refractivity contribution in [3.05, 3.63) is 47.7 Å². The molecule has 1 atom stereocenters. The predicted molar refractivity (Wildman–Crippen MR) is 142 cm³/mol. The third-order valence-electron chi connectivity index (χ3n) is 6.25. The number of nitrogens with one attached hydrogen (secondary N) is 2. The van der Waals surface area contributed by atoms with Crippen LogP contribution in [0.2, 0.25) is 0 Å². The minimum absolute atomic E-state index is 0.0211. The molecular formula is C26H31N3O4S2. The van der Waals surface area contributed by atoms with Gasteiger partial charge in [-0.15, -0.1) is 0 Å². The van der Waals surface area contributed by atoms with E-state index in [0.29, 0.717) is 28.1 Å². The molecule has 1 aliphatic rings. The van der Waals surface area contributed by atoms with Crippen LogP contribution >= 0.6 is 11.3 Å². The van der Waals surface area contributed by atoms with Gasteiger partial charge in [0.05, 0.1) is 24.8 Å². The third-order valence-corrected chi connectivity index (χ3v) is 8.50. The lowest BCUT2D eigenvalue weighted by molar-refractivity contribution is -0.117. The van der Waals surface area contributed by atoms with Gasteiger partial charge in [-0.25, -0.2) is 9.19 Å². The fourth-order valence-electron chi connectivity index (χ4n) is 4.36. The Morgan fingerprint density at radius 1 is 1.11 bits per heavy atom. The normalized spacial score (nSPS) is 14.5. The number of aromatic nitrogens is 1. The van der Waals surface area contributed by atoms with Gasteiger partial charge in [0.25, 0.3) is 0 Å². The van der Waals surface area contributed by atoms with Crippen molar-refractivity contribution in [1.29, 1.82) is 0 Å². The maximum Gasteiger partial charge on any atom is 0.226 e. The molecular weight excluding hydrogens is 482 g/mol. The lowest BCUT2D eigenvalue weighted by atomic mass is 10.0. The minimum atomic E-state index is -1.56. The summed E-state index contributed by atoms with van der Waals surface area (Å²) < 4.78 is 27.1. The van der Waals surface area contributed by atoms with Crippen LogP contribution in [0.5, 0.6) is 11.5 Å². The molecule has 1 unspecified atom stereocenters. The van der Waals surface area contributed by atoms with Crippen LogP contribution in [0, 0.1) is 19.8 Å². The molecule has 0 radical (unpaired) electrons. The first-order chi connectivity index (χ1) is 16.9. The maximum absolute atomic E-state index is 13.3. The maximum atomic E-state index is 13.3. The summed E-state index contributed by atoms with van der Waals surface area (Å²) in [6, 6.07) is 11.1. The molecule has 0 saturated heterocycles. The van der Waals surface area contributed by atoms with Gasteiger partial charge in [-0.05, 0) is 80.1 Å². The second kappa shape index (κ2) is 11.2. The Bertz CT molecular complexity index is 1240. The number of rotatable bonds is 9. The first-order valence-corrected chi connectivity index (χ1v) is 13.6. The number of anilines is 2. The summed E-state index contributed by atoms with van der Waals surface area (Å²) in [4.78, 5) is 18.5. The highest BCUT2D eigenvalue weighted by molar-refractivity contribution is 7.86. The molecule has 1 amide bonds. The Kier molecular flexibility index (Phi) is 8.07. The molecule has 3 aromatic rings. The van der Waals surface area contributed by atoms with E-state index in [1.807, 2.05) is 50.2 Å². The fraction of sp³-hybridized carbons (Fsp3) is 0.385. The zero-order valence-electron chi connectivity index (χ0n) is 20.5. The number of nitrogens with zero attached hydrogens (tertiary/aromatic N) is 1. The standard InChI is InChI=1S/C26H31N3O4S2/c1-16-13-20(32-3)10-11-21(16)29-35(31)23-15-19(9-12-22(23)33-4)25-17(2)27-26(34-25)28-24(30)14-18-7-5-6-8-18/h9-13,15,18,29H,5-8,14H2,1-4H3,(H,27,28,30). The van der Waals surface area contributed by atoms with Crippen LogP contribution in [-0.2, 0) is 15.8 Å². The molecule has 1 aromatic heterocycles. The van der Waals surface area contributed by atoms with Crippen molar-refractivity contribution in [2.75, 3.05) is 24.3 Å². The summed E-state index contributed by atoms with van der Waals surface area (Å²) in [5, 5.41) is 3.56. The highest BCUT2D eigenvalue weighted by Gasteiger charge is 2.21. The number of hydrogen-bond acceptors (Lipinski definition) is 6. The van der Waals surface area contributed by atoms with Crippen LogP contribution in [0.25, 0.3) is 10.4 Å². The van der Waals surface area contributed by atoms with E-state index in [1.54, 1.807) is 14.2 Å². The molecule has 9 heteroatoms. The molecule has 0 bridgehead atoms. The first-order valence-electron chi connectivity index (χ1n) is 11.7. The lowest BCUT2D eigenvalue weighted by Gasteiger charge is -2.13. The predicted octanol–water partition coefficient (Wildman–Crippen LogP) is 6.10. The summed E-state index contributed by atoms with van der Waals surface area (Å²) in [5.41, 5.74) is 3.35. The van der Waals surface area contributed by atoms with Crippen molar-refractivity contribution < 1.29 is 18.5 Å². The first kappa shape index (κ1) is 25.2. The minimum Gasteiger partial charge on any atom is -0.497 e. The molecule has 1 saturated carbocycles. The molecule has 4 rings (SSSR count). The number of aryl methyl sites for hydroxylation is 2. The number of carbonyl (C=O) groups is 1. The number of ether oxygens (including phenoxy) is 2. The number of benzene rings is 2. The van der Waals surface area contributed by atoms with Crippen LogP contribution in [0.15, 0.2) is 41.3 Å². The van der Waals surface area contributed by atoms with E-state index >= 15 is 0 Å². The van der Waals surface area contributed by atoms with Gasteiger partial charge in [0.15, 0.2) is 16.1 Å². The Morgan fingerprint density at radius 2 is 1.89 bits per heavy atom. The van der Waals surface area contributed by atoms with Gasteiger partial charge in [0, 0.05) is 12.1 Å². The van der Waals surface area contributed by atoms with Gasteiger partial charge in [0.2, 0.25) is 5.91 Å². The molecule has 7 nitrogen and oxygen atoms in total. The summed E-state index contributed by atoms with van der Waals surface area (Å²) in [5.74, 6) is 1.77. The Balaban J connectivity index is 1.54. The largest absolute Gasteiger partial charge is 0.497 e. The zero-order valence-corrected chi connectivity index (χ0v) is 22.1. The Morgan fingerprint density at radius 3 is 2.57 bits per heavy atom. The van der Waals surface area contributed by atoms with Gasteiger partial charge < -0.3 is 19.5 Å². The van der Waals surface area contributed by atoms with Crippen molar-refractivity contribution in [3.8, 4) is 21.9 Å². The van der Waals surface area contributed by atoms with Gasteiger partial charge in [-0.1, -0.05) is 24.2 Å². The van der Waals surface area contributed by atoms with Gasteiger partial charge >= 0.3 is 0 Å². The Hall–Kier alpha value is -2.91. The van der Waals surface area contributed by atoms with Crippen LogP contribution < -0.4 is 19.5 Å². The van der Waals surface area contributed by atoms with Crippen molar-refractivity contribution in [1.82, 2.24) is 4.98 Å². The van der Waals surface area contributed by atoms with Crippen LogP contribution in [-0.4, -0.2) is 29.3 Å². The molecule has 0 aliphatic heterocycles. The number of amides is 1. The average molecular weight is 514 g/mol. The SMILES string of the molecule is COc1ccc(NS(=O)c2cc(-c3sc(NC(=O)CC4CCCC4)nc3C)ccc2OC)c(C)c1. The van der Waals surface area contributed by atoms with E-state index in [-0.39, 0.29) is 5.91 Å². The van der Waals surface area contributed by atoms with E-state index in [1.165, 1.54) is 24.2 Å². The van der Waals surface area contributed by atoms with Crippen molar-refractivity contribution >= 4 is 39.0 Å². The molecule has 1 aliphatic carbocycles. The van der Waals surface area contributed by atoms with E-state index in [2.05, 4.69) is 15.0 Å². The van der Waals surface area contributed by atoms with E-state index in [0.717, 1.165) is 46.0 Å². The quantitative estimate of drug-likeness (QED) is 0.361.